The van der Waals surface area contributed by atoms with Crippen LogP contribution in [0.15, 0.2) is 29.2 Å². The monoisotopic (exact) mass is 322 g/mol. The van der Waals surface area contributed by atoms with Crippen LogP contribution in [0, 0.1) is 0 Å². The fraction of sp³-hybridized carbons (Fsp3) is 0.529. The minimum absolute atomic E-state index is 0.0283. The number of benzene rings is 1. The highest BCUT2D eigenvalue weighted by Gasteiger charge is 2.13. The summed E-state index contributed by atoms with van der Waals surface area (Å²) in [6.07, 6.45) is 0. The quantitative estimate of drug-likeness (QED) is 0.792. The van der Waals surface area contributed by atoms with E-state index in [9.17, 15) is 9.59 Å². The molecule has 0 radical (unpaired) electrons. The minimum atomic E-state index is -0.164. The Morgan fingerprint density at radius 1 is 1.09 bits per heavy atom. The Bertz CT molecular complexity index is 504. The van der Waals surface area contributed by atoms with Gasteiger partial charge in [-0.15, -0.1) is 11.8 Å². The Labute approximate surface area is 137 Å². The van der Waals surface area contributed by atoms with E-state index in [2.05, 4.69) is 43.5 Å². The molecule has 0 aliphatic rings. The summed E-state index contributed by atoms with van der Waals surface area (Å²) in [6, 6.07) is 8.33. The smallest absolute Gasteiger partial charge is 0.239 e. The summed E-state index contributed by atoms with van der Waals surface area (Å²) in [6.45, 7) is 10.3. The molecule has 4 nitrogen and oxygen atoms in total. The molecular weight excluding hydrogens is 296 g/mol. The number of hydrogen-bond acceptors (Lipinski definition) is 3. The first-order valence-electron chi connectivity index (χ1n) is 7.48. The standard InChI is InChI=1S/C17H26N2O2S/c1-12(2)19-15(20)10-18-16(21)11-22-14-8-6-13(7-9-14)17(3,4)5/h6-9,12H,10-11H2,1-5H3,(H,18,21)(H,19,20). The largest absolute Gasteiger partial charge is 0.352 e. The SMILES string of the molecule is CC(C)NC(=O)CNC(=O)CSc1ccc(C(C)(C)C)cc1. The van der Waals surface area contributed by atoms with Crippen molar-refractivity contribution in [3.8, 4) is 0 Å². The zero-order valence-corrected chi connectivity index (χ0v) is 14.8. The van der Waals surface area contributed by atoms with Crippen molar-refractivity contribution >= 4 is 23.6 Å². The van der Waals surface area contributed by atoms with Crippen LogP contribution in [0.2, 0.25) is 0 Å². The van der Waals surface area contributed by atoms with Crippen LogP contribution in [0.25, 0.3) is 0 Å². The maximum Gasteiger partial charge on any atom is 0.239 e. The van der Waals surface area contributed by atoms with Crippen LogP contribution >= 0.6 is 11.8 Å². The molecular formula is C17H26N2O2S. The molecule has 1 aromatic carbocycles. The molecule has 5 heteroatoms. The number of carbonyl (C=O) groups is 2. The molecule has 122 valence electrons. The van der Waals surface area contributed by atoms with Gasteiger partial charge in [0.25, 0.3) is 0 Å². The van der Waals surface area contributed by atoms with Gasteiger partial charge in [0.2, 0.25) is 11.8 Å². The number of amides is 2. The van der Waals surface area contributed by atoms with Gasteiger partial charge in [-0.25, -0.2) is 0 Å². The Hall–Kier alpha value is -1.49. The van der Waals surface area contributed by atoms with Gasteiger partial charge in [0.15, 0.2) is 0 Å². The van der Waals surface area contributed by atoms with E-state index in [4.69, 9.17) is 0 Å². The molecule has 2 amide bonds. The average molecular weight is 322 g/mol. The zero-order chi connectivity index (χ0) is 16.8. The molecule has 0 unspecified atom stereocenters. The molecule has 0 aliphatic heterocycles. The zero-order valence-electron chi connectivity index (χ0n) is 14.0. The molecule has 0 fully saturated rings. The first-order chi connectivity index (χ1) is 10.2. The van der Waals surface area contributed by atoms with Crippen LogP contribution in [0.5, 0.6) is 0 Å². The molecule has 1 rings (SSSR count). The number of thioether (sulfide) groups is 1. The van der Waals surface area contributed by atoms with E-state index in [1.165, 1.54) is 17.3 Å². The normalized spacial score (nSPS) is 11.4. The third-order valence-corrected chi connectivity index (χ3v) is 4.00. The lowest BCUT2D eigenvalue weighted by molar-refractivity contribution is -0.125. The number of rotatable bonds is 6. The van der Waals surface area contributed by atoms with Crippen LogP contribution in [-0.4, -0.2) is 30.2 Å². The second-order valence-electron chi connectivity index (χ2n) is 6.56. The molecule has 0 spiro atoms. The van der Waals surface area contributed by atoms with E-state index >= 15 is 0 Å². The number of nitrogens with one attached hydrogen (secondary N) is 2. The van der Waals surface area contributed by atoms with E-state index < -0.39 is 0 Å². The Morgan fingerprint density at radius 3 is 2.18 bits per heavy atom. The Morgan fingerprint density at radius 2 is 1.68 bits per heavy atom. The third kappa shape index (κ3) is 6.98. The van der Waals surface area contributed by atoms with E-state index in [0.717, 1.165) is 4.90 Å². The van der Waals surface area contributed by atoms with Gasteiger partial charge in [0.05, 0.1) is 12.3 Å². The lowest BCUT2D eigenvalue weighted by atomic mass is 9.87. The highest BCUT2D eigenvalue weighted by molar-refractivity contribution is 8.00. The van der Waals surface area contributed by atoms with Crippen molar-refractivity contribution in [2.45, 2.75) is 51.0 Å². The van der Waals surface area contributed by atoms with Gasteiger partial charge < -0.3 is 10.6 Å². The first kappa shape index (κ1) is 18.6. The van der Waals surface area contributed by atoms with Gasteiger partial charge in [-0.2, -0.15) is 0 Å². The lowest BCUT2D eigenvalue weighted by Gasteiger charge is -2.19. The van der Waals surface area contributed by atoms with Gasteiger partial charge in [-0.1, -0.05) is 32.9 Å². The van der Waals surface area contributed by atoms with Crippen molar-refractivity contribution in [3.63, 3.8) is 0 Å². The molecule has 0 saturated heterocycles. The predicted octanol–water partition coefficient (Wildman–Crippen LogP) is 2.72. The maximum absolute atomic E-state index is 11.7. The minimum Gasteiger partial charge on any atom is -0.352 e. The molecule has 2 N–H and O–H groups in total. The molecule has 0 atom stereocenters. The Balaban J connectivity index is 2.37. The van der Waals surface area contributed by atoms with Crippen molar-refractivity contribution in [3.05, 3.63) is 29.8 Å². The van der Waals surface area contributed by atoms with Crippen molar-refractivity contribution < 1.29 is 9.59 Å². The van der Waals surface area contributed by atoms with Crippen LogP contribution in [0.3, 0.4) is 0 Å². The van der Waals surface area contributed by atoms with Crippen molar-refractivity contribution in [2.24, 2.45) is 0 Å². The summed E-state index contributed by atoms with van der Waals surface area (Å²) < 4.78 is 0. The third-order valence-electron chi connectivity index (χ3n) is 2.99. The van der Waals surface area contributed by atoms with E-state index in [1.807, 2.05) is 26.0 Å². The highest BCUT2D eigenvalue weighted by atomic mass is 32.2. The van der Waals surface area contributed by atoms with Crippen LogP contribution < -0.4 is 10.6 Å². The summed E-state index contributed by atoms with van der Waals surface area (Å²) in [7, 11) is 0. The van der Waals surface area contributed by atoms with Gasteiger partial charge >= 0.3 is 0 Å². The van der Waals surface area contributed by atoms with E-state index in [0.29, 0.717) is 5.75 Å². The summed E-state index contributed by atoms with van der Waals surface area (Å²) in [4.78, 5) is 24.2. The molecule has 0 aliphatic carbocycles. The van der Waals surface area contributed by atoms with Crippen LogP contribution in [-0.2, 0) is 15.0 Å². The number of carbonyl (C=O) groups excluding carboxylic acids is 2. The van der Waals surface area contributed by atoms with Gasteiger partial charge in [0.1, 0.15) is 0 Å². The van der Waals surface area contributed by atoms with E-state index in [1.54, 1.807) is 0 Å². The van der Waals surface area contributed by atoms with Crippen LogP contribution in [0.1, 0.15) is 40.2 Å². The highest BCUT2D eigenvalue weighted by Crippen LogP contribution is 2.25. The van der Waals surface area contributed by atoms with Crippen LogP contribution in [0.4, 0.5) is 0 Å². The summed E-state index contributed by atoms with van der Waals surface area (Å²) in [5.41, 5.74) is 1.40. The molecule has 0 aromatic heterocycles. The molecule has 0 saturated carbocycles. The Kier molecular flexibility index (Phi) is 6.94. The van der Waals surface area contributed by atoms with Crippen molar-refractivity contribution in [1.82, 2.24) is 10.6 Å². The van der Waals surface area contributed by atoms with Gasteiger partial charge in [-0.05, 0) is 37.0 Å². The second kappa shape index (κ2) is 8.22. The van der Waals surface area contributed by atoms with Gasteiger partial charge in [-0.3, -0.25) is 9.59 Å². The predicted molar refractivity (Wildman–Crippen MR) is 92.2 cm³/mol. The summed E-state index contributed by atoms with van der Waals surface area (Å²) in [5.74, 6) is 0.00998. The number of hydrogen-bond donors (Lipinski definition) is 2. The molecule has 0 bridgehead atoms. The summed E-state index contributed by atoms with van der Waals surface area (Å²) in [5, 5.41) is 5.35. The fourth-order valence-electron chi connectivity index (χ4n) is 1.80. The fourth-order valence-corrected chi connectivity index (χ4v) is 2.53. The topological polar surface area (TPSA) is 58.2 Å². The molecule has 22 heavy (non-hydrogen) atoms. The first-order valence-corrected chi connectivity index (χ1v) is 8.46. The van der Waals surface area contributed by atoms with Crippen molar-refractivity contribution in [2.75, 3.05) is 12.3 Å². The average Bonchev–Trinajstić information content (AvgIpc) is 2.41. The lowest BCUT2D eigenvalue weighted by Crippen LogP contribution is -2.40. The molecule has 1 aromatic rings. The summed E-state index contributed by atoms with van der Waals surface area (Å²) >= 11 is 1.47. The van der Waals surface area contributed by atoms with Gasteiger partial charge in [0, 0.05) is 10.9 Å². The maximum atomic E-state index is 11.7. The molecule has 0 heterocycles. The van der Waals surface area contributed by atoms with Crippen molar-refractivity contribution in [1.29, 1.82) is 0 Å². The second-order valence-corrected chi connectivity index (χ2v) is 7.61. The van der Waals surface area contributed by atoms with E-state index in [-0.39, 0.29) is 29.8 Å².